The number of furan rings is 1. The van der Waals surface area contributed by atoms with Crippen molar-refractivity contribution in [3.8, 4) is 0 Å². The van der Waals surface area contributed by atoms with Crippen LogP contribution in [0.4, 0.5) is 0 Å². The molecule has 0 aliphatic carbocycles. The molecule has 0 radical (unpaired) electrons. The van der Waals surface area contributed by atoms with Gasteiger partial charge in [0.1, 0.15) is 11.3 Å². The SMILES string of the molecule is CCc1oc2ccccc2c1CNCCN(C)C(C)C. The van der Waals surface area contributed by atoms with E-state index in [1.807, 2.05) is 12.1 Å². The smallest absolute Gasteiger partial charge is 0.134 e. The fourth-order valence-electron chi connectivity index (χ4n) is 2.36. The molecule has 0 aliphatic rings. The lowest BCUT2D eigenvalue weighted by atomic mass is 10.1. The molecule has 1 aromatic heterocycles. The Balaban J connectivity index is 1.99. The first-order valence-corrected chi connectivity index (χ1v) is 7.53. The van der Waals surface area contributed by atoms with Gasteiger partial charge in [-0.15, -0.1) is 0 Å². The van der Waals surface area contributed by atoms with Crippen LogP contribution in [0.2, 0.25) is 0 Å². The molecule has 1 heterocycles. The number of hydrogen-bond acceptors (Lipinski definition) is 3. The lowest BCUT2D eigenvalue weighted by molar-refractivity contribution is 0.273. The molecule has 0 aliphatic heterocycles. The van der Waals surface area contributed by atoms with Gasteiger partial charge in [0.05, 0.1) is 0 Å². The highest BCUT2D eigenvalue weighted by atomic mass is 16.3. The van der Waals surface area contributed by atoms with Gasteiger partial charge in [-0.1, -0.05) is 25.1 Å². The summed E-state index contributed by atoms with van der Waals surface area (Å²) >= 11 is 0. The van der Waals surface area contributed by atoms with E-state index in [0.29, 0.717) is 6.04 Å². The number of fused-ring (bicyclic) bond motifs is 1. The molecule has 3 nitrogen and oxygen atoms in total. The van der Waals surface area contributed by atoms with Crippen molar-refractivity contribution in [1.82, 2.24) is 10.2 Å². The topological polar surface area (TPSA) is 28.4 Å². The molecule has 0 amide bonds. The lowest BCUT2D eigenvalue weighted by Crippen LogP contribution is -2.33. The van der Waals surface area contributed by atoms with E-state index < -0.39 is 0 Å². The second-order valence-corrected chi connectivity index (χ2v) is 5.60. The summed E-state index contributed by atoms with van der Waals surface area (Å²) in [7, 11) is 2.16. The second-order valence-electron chi connectivity index (χ2n) is 5.60. The summed E-state index contributed by atoms with van der Waals surface area (Å²) in [4.78, 5) is 2.35. The van der Waals surface area contributed by atoms with Crippen LogP contribution in [0, 0.1) is 0 Å². The number of nitrogens with one attached hydrogen (secondary N) is 1. The second kappa shape index (κ2) is 6.91. The Labute approximate surface area is 122 Å². The zero-order valence-corrected chi connectivity index (χ0v) is 13.1. The first-order valence-electron chi connectivity index (χ1n) is 7.53. The van der Waals surface area contributed by atoms with Gasteiger partial charge in [0.15, 0.2) is 0 Å². The summed E-state index contributed by atoms with van der Waals surface area (Å²) in [6.45, 7) is 9.53. The van der Waals surface area contributed by atoms with E-state index in [1.54, 1.807) is 0 Å². The van der Waals surface area contributed by atoms with Gasteiger partial charge in [-0.25, -0.2) is 0 Å². The third-order valence-corrected chi connectivity index (χ3v) is 3.93. The molecule has 0 fully saturated rings. The molecule has 110 valence electrons. The Bertz CT molecular complexity index is 545. The quantitative estimate of drug-likeness (QED) is 0.784. The molecular weight excluding hydrogens is 248 g/mol. The van der Waals surface area contributed by atoms with Crippen molar-refractivity contribution < 1.29 is 4.42 Å². The predicted molar refractivity (Wildman–Crippen MR) is 85.1 cm³/mol. The maximum atomic E-state index is 5.91. The van der Waals surface area contributed by atoms with Crippen molar-refractivity contribution in [2.24, 2.45) is 0 Å². The van der Waals surface area contributed by atoms with Gasteiger partial charge in [-0.05, 0) is 27.0 Å². The molecule has 0 atom stereocenters. The van der Waals surface area contributed by atoms with E-state index in [2.05, 4.69) is 50.2 Å². The highest BCUT2D eigenvalue weighted by Crippen LogP contribution is 2.25. The molecule has 2 rings (SSSR count). The van der Waals surface area contributed by atoms with E-state index in [4.69, 9.17) is 4.42 Å². The number of aryl methyl sites for hydroxylation is 1. The zero-order chi connectivity index (χ0) is 14.5. The van der Waals surface area contributed by atoms with Crippen molar-refractivity contribution >= 4 is 11.0 Å². The van der Waals surface area contributed by atoms with Crippen LogP contribution < -0.4 is 5.32 Å². The van der Waals surface area contributed by atoms with Crippen molar-refractivity contribution in [3.63, 3.8) is 0 Å². The molecule has 20 heavy (non-hydrogen) atoms. The van der Waals surface area contributed by atoms with Crippen molar-refractivity contribution in [3.05, 3.63) is 35.6 Å². The zero-order valence-electron chi connectivity index (χ0n) is 13.1. The number of hydrogen-bond donors (Lipinski definition) is 1. The van der Waals surface area contributed by atoms with Gasteiger partial charge in [0.2, 0.25) is 0 Å². The summed E-state index contributed by atoms with van der Waals surface area (Å²) in [5.74, 6) is 1.11. The molecule has 0 saturated heterocycles. The third-order valence-electron chi connectivity index (χ3n) is 3.93. The highest BCUT2D eigenvalue weighted by molar-refractivity contribution is 5.82. The number of likely N-dealkylation sites (N-methyl/N-ethyl adjacent to an activating group) is 1. The summed E-state index contributed by atoms with van der Waals surface area (Å²) in [6, 6.07) is 8.89. The Kier molecular flexibility index (Phi) is 5.21. The van der Waals surface area contributed by atoms with E-state index in [9.17, 15) is 0 Å². The Hall–Kier alpha value is -1.32. The number of para-hydroxylation sites is 1. The molecule has 0 unspecified atom stereocenters. The van der Waals surface area contributed by atoms with Crippen LogP contribution in [0.15, 0.2) is 28.7 Å². The van der Waals surface area contributed by atoms with E-state index in [1.165, 1.54) is 10.9 Å². The Morgan fingerprint density at radius 1 is 1.25 bits per heavy atom. The van der Waals surface area contributed by atoms with Crippen LogP contribution in [0.5, 0.6) is 0 Å². The molecule has 2 aromatic rings. The minimum atomic E-state index is 0.595. The summed E-state index contributed by atoms with van der Waals surface area (Å²) < 4.78 is 5.91. The maximum absolute atomic E-state index is 5.91. The Morgan fingerprint density at radius 2 is 2.00 bits per heavy atom. The molecular formula is C17H26N2O. The van der Waals surface area contributed by atoms with Crippen molar-refractivity contribution in [2.45, 2.75) is 39.8 Å². The van der Waals surface area contributed by atoms with Crippen LogP contribution >= 0.6 is 0 Å². The van der Waals surface area contributed by atoms with Gasteiger partial charge in [0.25, 0.3) is 0 Å². The normalized spacial score (nSPS) is 11.9. The van der Waals surface area contributed by atoms with E-state index in [-0.39, 0.29) is 0 Å². The van der Waals surface area contributed by atoms with Gasteiger partial charge in [0, 0.05) is 43.0 Å². The minimum Gasteiger partial charge on any atom is -0.461 e. The molecule has 1 N–H and O–H groups in total. The minimum absolute atomic E-state index is 0.595. The standard InChI is InChI=1S/C17H26N2O/c1-5-16-15(12-18-10-11-19(4)13(2)3)14-8-6-7-9-17(14)20-16/h6-9,13,18H,5,10-12H2,1-4H3. The predicted octanol–water partition coefficient (Wildman–Crippen LogP) is 3.43. The summed E-state index contributed by atoms with van der Waals surface area (Å²) in [5, 5.41) is 4.78. The van der Waals surface area contributed by atoms with E-state index in [0.717, 1.165) is 37.4 Å². The maximum Gasteiger partial charge on any atom is 0.134 e. The van der Waals surface area contributed by atoms with Crippen molar-refractivity contribution in [2.75, 3.05) is 20.1 Å². The monoisotopic (exact) mass is 274 g/mol. The van der Waals surface area contributed by atoms with Crippen LogP contribution in [-0.2, 0) is 13.0 Å². The molecule has 0 spiro atoms. The van der Waals surface area contributed by atoms with Crippen LogP contribution in [0.3, 0.4) is 0 Å². The average Bonchev–Trinajstić information content (AvgIpc) is 2.81. The summed E-state index contributed by atoms with van der Waals surface area (Å²) in [5.41, 5.74) is 2.32. The highest BCUT2D eigenvalue weighted by Gasteiger charge is 2.11. The number of rotatable bonds is 7. The molecule has 0 saturated carbocycles. The Morgan fingerprint density at radius 3 is 2.70 bits per heavy atom. The molecule has 1 aromatic carbocycles. The largest absolute Gasteiger partial charge is 0.461 e. The van der Waals surface area contributed by atoms with Crippen molar-refractivity contribution in [1.29, 1.82) is 0 Å². The van der Waals surface area contributed by atoms with Gasteiger partial charge < -0.3 is 14.6 Å². The lowest BCUT2D eigenvalue weighted by Gasteiger charge is -2.20. The molecule has 3 heteroatoms. The number of benzene rings is 1. The first kappa shape index (κ1) is 15.1. The fourth-order valence-corrected chi connectivity index (χ4v) is 2.36. The van der Waals surface area contributed by atoms with Gasteiger partial charge in [-0.3, -0.25) is 0 Å². The van der Waals surface area contributed by atoms with Gasteiger partial charge in [-0.2, -0.15) is 0 Å². The third kappa shape index (κ3) is 3.41. The number of nitrogens with zero attached hydrogens (tertiary/aromatic N) is 1. The van der Waals surface area contributed by atoms with Crippen LogP contribution in [-0.4, -0.2) is 31.1 Å². The summed E-state index contributed by atoms with van der Waals surface area (Å²) in [6.07, 6.45) is 0.942. The average molecular weight is 274 g/mol. The fraction of sp³-hybridized carbons (Fsp3) is 0.529. The van der Waals surface area contributed by atoms with Crippen LogP contribution in [0.25, 0.3) is 11.0 Å². The van der Waals surface area contributed by atoms with Gasteiger partial charge >= 0.3 is 0 Å². The van der Waals surface area contributed by atoms with E-state index >= 15 is 0 Å². The first-order chi connectivity index (χ1) is 9.63. The molecule has 0 bridgehead atoms. The van der Waals surface area contributed by atoms with Crippen LogP contribution in [0.1, 0.15) is 32.1 Å².